The monoisotopic (exact) mass is 668 g/mol. The first-order valence-electron chi connectivity index (χ1n) is 13.4. The van der Waals surface area contributed by atoms with Crippen molar-refractivity contribution in [3.63, 3.8) is 0 Å². The number of carbonyl (C=O) groups is 1. The first-order chi connectivity index (χ1) is 21.2. The molecule has 2 heterocycles. The standard InChI is InChI=1S/C30H25F5N2O6S2/c1-16-21(30(38)43-13-12-37(2)14-17-8-4-3-5-9-17)22(23-24(31)26(33)28(35)27(34)25(23)32)29-18(36-16)15-44(39,40)19-10-6-7-11-20(19)45(29,41)42/h3-11,22,36H,12-15H2,1-2H3. The number of hydrogen-bond acceptors (Lipinski definition) is 8. The number of hydrogen-bond donors (Lipinski definition) is 1. The molecule has 238 valence electrons. The molecule has 2 aliphatic heterocycles. The van der Waals surface area contributed by atoms with Gasteiger partial charge in [-0.3, -0.25) is 4.90 Å². The Morgan fingerprint density at radius 2 is 1.42 bits per heavy atom. The number of halogens is 5. The smallest absolute Gasteiger partial charge is 0.336 e. The Morgan fingerprint density at radius 1 is 0.867 bits per heavy atom. The van der Waals surface area contributed by atoms with E-state index < -0.39 is 97.9 Å². The number of likely N-dealkylation sites (N-methyl/N-ethyl adjacent to an activating group) is 1. The zero-order chi connectivity index (χ0) is 32.8. The lowest BCUT2D eigenvalue weighted by Crippen LogP contribution is -2.35. The normalized spacial score (nSPS) is 18.6. The molecule has 1 atom stereocenters. The minimum absolute atomic E-state index is 0.144. The summed E-state index contributed by atoms with van der Waals surface area (Å²) in [6.07, 6.45) is 0. The third kappa shape index (κ3) is 5.75. The number of ether oxygens (including phenoxy) is 1. The minimum Gasteiger partial charge on any atom is -0.461 e. The molecule has 1 unspecified atom stereocenters. The van der Waals surface area contributed by atoms with E-state index in [2.05, 4.69) is 5.32 Å². The lowest BCUT2D eigenvalue weighted by molar-refractivity contribution is -0.139. The van der Waals surface area contributed by atoms with Crippen LogP contribution < -0.4 is 5.32 Å². The molecule has 3 aromatic carbocycles. The maximum atomic E-state index is 15.4. The van der Waals surface area contributed by atoms with E-state index in [1.807, 2.05) is 30.3 Å². The first kappa shape index (κ1) is 32.3. The summed E-state index contributed by atoms with van der Waals surface area (Å²) in [7, 11) is -7.76. The summed E-state index contributed by atoms with van der Waals surface area (Å²) in [5, 5.41) is 2.53. The fourth-order valence-electron chi connectivity index (χ4n) is 5.38. The Labute approximate surface area is 255 Å². The molecule has 0 bridgehead atoms. The number of allylic oxidation sites excluding steroid dienone is 2. The summed E-state index contributed by atoms with van der Waals surface area (Å²) in [5.41, 5.74) is -2.39. The third-order valence-corrected chi connectivity index (χ3v) is 11.3. The molecule has 2 aliphatic rings. The van der Waals surface area contributed by atoms with Crippen molar-refractivity contribution in [2.24, 2.45) is 0 Å². The molecule has 0 aliphatic carbocycles. The van der Waals surface area contributed by atoms with Crippen molar-refractivity contribution in [3.8, 4) is 0 Å². The molecule has 0 saturated heterocycles. The van der Waals surface area contributed by atoms with Crippen LogP contribution in [0, 0.1) is 29.1 Å². The van der Waals surface area contributed by atoms with Gasteiger partial charge in [-0.05, 0) is 31.7 Å². The van der Waals surface area contributed by atoms with Crippen LogP contribution in [0.1, 0.15) is 24.0 Å². The molecule has 0 fully saturated rings. The quantitative estimate of drug-likeness (QED) is 0.170. The van der Waals surface area contributed by atoms with Crippen molar-refractivity contribution in [1.29, 1.82) is 0 Å². The van der Waals surface area contributed by atoms with Gasteiger partial charge in [0, 0.05) is 30.0 Å². The molecule has 45 heavy (non-hydrogen) atoms. The number of nitrogens with one attached hydrogen (secondary N) is 1. The van der Waals surface area contributed by atoms with E-state index in [1.165, 1.54) is 12.1 Å². The van der Waals surface area contributed by atoms with Gasteiger partial charge in [-0.1, -0.05) is 42.5 Å². The predicted octanol–water partition coefficient (Wildman–Crippen LogP) is 4.49. The largest absolute Gasteiger partial charge is 0.461 e. The van der Waals surface area contributed by atoms with Gasteiger partial charge in [0.25, 0.3) is 0 Å². The van der Waals surface area contributed by atoms with Gasteiger partial charge in [0.05, 0.1) is 31.9 Å². The molecule has 3 aromatic rings. The summed E-state index contributed by atoms with van der Waals surface area (Å²) >= 11 is 0. The average Bonchev–Trinajstić information content (AvgIpc) is 3.05. The molecule has 5 rings (SSSR count). The van der Waals surface area contributed by atoms with Crippen LogP contribution in [0.5, 0.6) is 0 Å². The van der Waals surface area contributed by atoms with Crippen LogP contribution in [-0.4, -0.2) is 53.7 Å². The second-order valence-corrected chi connectivity index (χ2v) is 14.3. The highest BCUT2D eigenvalue weighted by atomic mass is 32.2. The van der Waals surface area contributed by atoms with Crippen LogP contribution in [0.3, 0.4) is 0 Å². The van der Waals surface area contributed by atoms with Crippen molar-refractivity contribution < 1.29 is 48.3 Å². The Morgan fingerprint density at radius 3 is 2.04 bits per heavy atom. The van der Waals surface area contributed by atoms with Gasteiger partial charge in [-0.25, -0.2) is 43.6 Å². The van der Waals surface area contributed by atoms with Crippen molar-refractivity contribution in [2.45, 2.75) is 29.2 Å². The number of dihydropyridines is 1. The van der Waals surface area contributed by atoms with Crippen molar-refractivity contribution >= 4 is 25.6 Å². The SMILES string of the molecule is CC1=C(C(=O)OCCN(C)Cc2ccccc2)C(c2c(F)c(F)c(F)c(F)c2F)C2=C(CS(=O)(=O)c3ccccc3S2(=O)=O)N1. The molecule has 0 aromatic heterocycles. The highest BCUT2D eigenvalue weighted by Gasteiger charge is 2.48. The van der Waals surface area contributed by atoms with Gasteiger partial charge in [0.1, 0.15) is 6.61 Å². The Kier molecular flexibility index (Phi) is 8.63. The number of rotatable bonds is 7. The molecule has 0 radical (unpaired) electrons. The molecule has 0 spiro atoms. The zero-order valence-electron chi connectivity index (χ0n) is 23.7. The maximum absolute atomic E-state index is 15.4. The van der Waals surface area contributed by atoms with Gasteiger partial charge in [0.2, 0.25) is 15.7 Å². The number of benzene rings is 3. The molecule has 1 N–H and O–H groups in total. The third-order valence-electron chi connectivity index (χ3n) is 7.44. The van der Waals surface area contributed by atoms with E-state index in [1.54, 1.807) is 11.9 Å². The summed E-state index contributed by atoms with van der Waals surface area (Å²) < 4.78 is 134. The fourth-order valence-corrected chi connectivity index (χ4v) is 9.43. The van der Waals surface area contributed by atoms with Crippen LogP contribution in [0.15, 0.2) is 86.3 Å². The minimum atomic E-state index is -5.06. The highest BCUT2D eigenvalue weighted by Crippen LogP contribution is 2.48. The van der Waals surface area contributed by atoms with Gasteiger partial charge in [0.15, 0.2) is 33.1 Å². The molecular weight excluding hydrogens is 643 g/mol. The van der Waals surface area contributed by atoms with Crippen LogP contribution in [0.2, 0.25) is 0 Å². The highest BCUT2D eigenvalue weighted by molar-refractivity contribution is 7.97. The topological polar surface area (TPSA) is 110 Å². The van der Waals surface area contributed by atoms with E-state index in [-0.39, 0.29) is 18.8 Å². The van der Waals surface area contributed by atoms with Crippen LogP contribution in [0.4, 0.5) is 22.0 Å². The Hall–Kier alpha value is -4.08. The fraction of sp³-hybridized carbons (Fsp3) is 0.233. The van der Waals surface area contributed by atoms with Gasteiger partial charge >= 0.3 is 5.97 Å². The van der Waals surface area contributed by atoms with Crippen molar-refractivity contribution in [1.82, 2.24) is 10.2 Å². The lowest BCUT2D eigenvalue weighted by Gasteiger charge is -2.31. The van der Waals surface area contributed by atoms with E-state index in [9.17, 15) is 34.8 Å². The second kappa shape index (κ2) is 12.0. The molecule has 0 saturated carbocycles. The summed E-state index contributed by atoms with van der Waals surface area (Å²) in [4.78, 5) is 12.8. The first-order valence-corrected chi connectivity index (χ1v) is 16.5. The number of fused-ring (bicyclic) bond motifs is 1. The molecule has 8 nitrogen and oxygen atoms in total. The zero-order valence-corrected chi connectivity index (χ0v) is 25.3. The molecule has 0 amide bonds. The number of sulfone groups is 2. The van der Waals surface area contributed by atoms with Gasteiger partial charge in [-0.2, -0.15) is 0 Å². The lowest BCUT2D eigenvalue weighted by atomic mass is 9.85. The summed E-state index contributed by atoms with van der Waals surface area (Å²) in [5.74, 6) is -16.9. The predicted molar refractivity (Wildman–Crippen MR) is 151 cm³/mol. The summed E-state index contributed by atoms with van der Waals surface area (Å²) in [6.45, 7) is 1.46. The number of esters is 1. The number of carbonyl (C=O) groups excluding carboxylic acids is 1. The number of nitrogens with zero attached hydrogens (tertiary/aromatic N) is 1. The van der Waals surface area contributed by atoms with Crippen LogP contribution in [0.25, 0.3) is 0 Å². The molecule has 15 heteroatoms. The summed E-state index contributed by atoms with van der Waals surface area (Å²) in [6, 6.07) is 13.6. The Bertz CT molecular complexity index is 1970. The van der Waals surface area contributed by atoms with E-state index in [0.29, 0.717) is 6.54 Å². The van der Waals surface area contributed by atoms with Crippen LogP contribution in [-0.2, 0) is 35.8 Å². The second-order valence-electron chi connectivity index (χ2n) is 10.5. The van der Waals surface area contributed by atoms with Gasteiger partial charge < -0.3 is 10.1 Å². The Balaban J connectivity index is 1.63. The van der Waals surface area contributed by atoms with E-state index in [4.69, 9.17) is 4.74 Å². The van der Waals surface area contributed by atoms with Crippen LogP contribution >= 0.6 is 0 Å². The van der Waals surface area contributed by atoms with E-state index >= 15 is 8.78 Å². The van der Waals surface area contributed by atoms with Gasteiger partial charge in [-0.15, -0.1) is 0 Å². The van der Waals surface area contributed by atoms with Crippen molar-refractivity contribution in [2.75, 3.05) is 26.0 Å². The molecular formula is C30H25F5N2O6S2. The maximum Gasteiger partial charge on any atom is 0.336 e. The average molecular weight is 669 g/mol. The van der Waals surface area contributed by atoms with E-state index in [0.717, 1.165) is 24.6 Å². The van der Waals surface area contributed by atoms with Crippen molar-refractivity contribution in [3.05, 3.63) is 117 Å².